The Bertz CT molecular complexity index is 474. The van der Waals surface area contributed by atoms with Gasteiger partial charge in [-0.1, -0.05) is 24.2 Å². The SMILES string of the molecule is CCc1nc(-c2ccc(C)c(C)c2)no1. The van der Waals surface area contributed by atoms with E-state index in [9.17, 15) is 0 Å². The minimum absolute atomic E-state index is 0.676. The molecule has 0 aliphatic rings. The van der Waals surface area contributed by atoms with Crippen LogP contribution in [0, 0.1) is 13.8 Å². The number of nitrogens with zero attached hydrogens (tertiary/aromatic N) is 2. The molecule has 0 radical (unpaired) electrons. The Hall–Kier alpha value is -1.64. The first-order valence-corrected chi connectivity index (χ1v) is 5.11. The van der Waals surface area contributed by atoms with E-state index in [0.29, 0.717) is 11.7 Å². The van der Waals surface area contributed by atoms with Crippen molar-refractivity contribution < 1.29 is 4.52 Å². The third-order valence-electron chi connectivity index (χ3n) is 2.54. The molecule has 0 saturated carbocycles. The van der Waals surface area contributed by atoms with Crippen molar-refractivity contribution in [2.45, 2.75) is 27.2 Å². The topological polar surface area (TPSA) is 38.9 Å². The largest absolute Gasteiger partial charge is 0.339 e. The second-order valence-corrected chi connectivity index (χ2v) is 3.66. The number of rotatable bonds is 2. The summed E-state index contributed by atoms with van der Waals surface area (Å²) in [5, 5.41) is 3.94. The molecule has 0 bridgehead atoms. The summed E-state index contributed by atoms with van der Waals surface area (Å²) in [6.45, 7) is 6.17. The molecule has 2 rings (SSSR count). The number of hydrogen-bond acceptors (Lipinski definition) is 3. The van der Waals surface area contributed by atoms with Gasteiger partial charge in [-0.2, -0.15) is 4.98 Å². The van der Waals surface area contributed by atoms with Crippen LogP contribution >= 0.6 is 0 Å². The third-order valence-corrected chi connectivity index (χ3v) is 2.54. The summed E-state index contributed by atoms with van der Waals surface area (Å²) < 4.78 is 5.08. The Morgan fingerprint density at radius 3 is 2.60 bits per heavy atom. The van der Waals surface area contributed by atoms with Crippen LogP contribution in [-0.2, 0) is 6.42 Å². The van der Waals surface area contributed by atoms with E-state index in [2.05, 4.69) is 36.1 Å². The van der Waals surface area contributed by atoms with E-state index in [-0.39, 0.29) is 0 Å². The van der Waals surface area contributed by atoms with Crippen LogP contribution < -0.4 is 0 Å². The van der Waals surface area contributed by atoms with Crippen molar-refractivity contribution in [2.75, 3.05) is 0 Å². The van der Waals surface area contributed by atoms with Gasteiger partial charge in [0, 0.05) is 12.0 Å². The van der Waals surface area contributed by atoms with Gasteiger partial charge in [0.15, 0.2) is 0 Å². The number of benzene rings is 1. The van der Waals surface area contributed by atoms with E-state index in [1.165, 1.54) is 11.1 Å². The minimum atomic E-state index is 0.676. The van der Waals surface area contributed by atoms with Gasteiger partial charge in [0.05, 0.1) is 0 Å². The molecular formula is C12H14N2O. The van der Waals surface area contributed by atoms with Crippen molar-refractivity contribution in [1.82, 2.24) is 10.1 Å². The lowest BCUT2D eigenvalue weighted by atomic mass is 10.1. The molecule has 3 heteroatoms. The van der Waals surface area contributed by atoms with E-state index >= 15 is 0 Å². The fourth-order valence-corrected chi connectivity index (χ4v) is 1.40. The zero-order chi connectivity index (χ0) is 10.8. The Labute approximate surface area is 89.1 Å². The van der Waals surface area contributed by atoms with Crippen LogP contribution in [0.2, 0.25) is 0 Å². The summed E-state index contributed by atoms with van der Waals surface area (Å²) in [5.74, 6) is 1.36. The fourth-order valence-electron chi connectivity index (χ4n) is 1.40. The highest BCUT2D eigenvalue weighted by Gasteiger charge is 2.07. The van der Waals surface area contributed by atoms with E-state index in [1.807, 2.05) is 13.0 Å². The van der Waals surface area contributed by atoms with Crippen molar-refractivity contribution >= 4 is 0 Å². The molecule has 0 atom stereocenters. The van der Waals surface area contributed by atoms with Crippen molar-refractivity contribution in [2.24, 2.45) is 0 Å². The lowest BCUT2D eigenvalue weighted by Gasteiger charge is -2.00. The molecule has 1 heterocycles. The van der Waals surface area contributed by atoms with Crippen LogP contribution in [0.4, 0.5) is 0 Å². The molecule has 1 aromatic heterocycles. The van der Waals surface area contributed by atoms with Gasteiger partial charge in [-0.3, -0.25) is 0 Å². The maximum absolute atomic E-state index is 5.08. The number of aryl methyl sites for hydroxylation is 3. The molecule has 0 unspecified atom stereocenters. The molecule has 0 spiro atoms. The molecule has 15 heavy (non-hydrogen) atoms. The van der Waals surface area contributed by atoms with Crippen molar-refractivity contribution in [3.05, 3.63) is 35.2 Å². The zero-order valence-electron chi connectivity index (χ0n) is 9.24. The lowest BCUT2D eigenvalue weighted by Crippen LogP contribution is -1.85. The molecular weight excluding hydrogens is 188 g/mol. The van der Waals surface area contributed by atoms with Gasteiger partial charge in [0.2, 0.25) is 11.7 Å². The Balaban J connectivity index is 2.40. The maximum atomic E-state index is 5.08. The van der Waals surface area contributed by atoms with E-state index < -0.39 is 0 Å². The van der Waals surface area contributed by atoms with Crippen LogP contribution in [0.5, 0.6) is 0 Å². The highest BCUT2D eigenvalue weighted by atomic mass is 16.5. The Morgan fingerprint density at radius 2 is 2.00 bits per heavy atom. The first-order valence-electron chi connectivity index (χ1n) is 5.11. The van der Waals surface area contributed by atoms with Gasteiger partial charge in [0.25, 0.3) is 0 Å². The van der Waals surface area contributed by atoms with E-state index in [4.69, 9.17) is 4.52 Å². The summed E-state index contributed by atoms with van der Waals surface area (Å²) in [5.41, 5.74) is 3.54. The molecule has 1 aromatic carbocycles. The molecule has 0 aliphatic heterocycles. The zero-order valence-corrected chi connectivity index (χ0v) is 9.24. The molecule has 0 saturated heterocycles. The van der Waals surface area contributed by atoms with Crippen molar-refractivity contribution in [3.8, 4) is 11.4 Å². The molecule has 78 valence electrons. The summed E-state index contributed by atoms with van der Waals surface area (Å²) in [7, 11) is 0. The summed E-state index contributed by atoms with van der Waals surface area (Å²) >= 11 is 0. The van der Waals surface area contributed by atoms with Gasteiger partial charge < -0.3 is 4.52 Å². The van der Waals surface area contributed by atoms with Crippen molar-refractivity contribution in [1.29, 1.82) is 0 Å². The smallest absolute Gasteiger partial charge is 0.226 e. The van der Waals surface area contributed by atoms with Gasteiger partial charge in [0.1, 0.15) is 0 Å². The standard InChI is InChI=1S/C12H14N2O/c1-4-11-13-12(14-15-11)10-6-5-8(2)9(3)7-10/h5-7H,4H2,1-3H3. The third kappa shape index (κ3) is 1.91. The minimum Gasteiger partial charge on any atom is -0.339 e. The first kappa shape index (κ1) is 9.90. The van der Waals surface area contributed by atoms with Crippen LogP contribution in [0.1, 0.15) is 23.9 Å². The molecule has 0 fully saturated rings. The van der Waals surface area contributed by atoms with Gasteiger partial charge in [-0.15, -0.1) is 0 Å². The normalized spacial score (nSPS) is 10.6. The lowest BCUT2D eigenvalue weighted by molar-refractivity contribution is 0.383. The summed E-state index contributed by atoms with van der Waals surface area (Å²) in [4.78, 5) is 4.29. The second kappa shape index (κ2) is 3.85. The molecule has 3 nitrogen and oxygen atoms in total. The number of aromatic nitrogens is 2. The molecule has 0 N–H and O–H groups in total. The quantitative estimate of drug-likeness (QED) is 0.751. The molecule has 0 aliphatic carbocycles. The highest BCUT2D eigenvalue weighted by molar-refractivity contribution is 5.56. The van der Waals surface area contributed by atoms with Crippen LogP contribution in [0.25, 0.3) is 11.4 Å². The average Bonchev–Trinajstić information content (AvgIpc) is 2.70. The Kier molecular flexibility index (Phi) is 2.54. The van der Waals surface area contributed by atoms with Gasteiger partial charge in [-0.25, -0.2) is 0 Å². The predicted octanol–water partition coefficient (Wildman–Crippen LogP) is 2.92. The Morgan fingerprint density at radius 1 is 1.20 bits per heavy atom. The van der Waals surface area contributed by atoms with Crippen molar-refractivity contribution in [3.63, 3.8) is 0 Å². The maximum Gasteiger partial charge on any atom is 0.226 e. The predicted molar refractivity (Wildman–Crippen MR) is 58.6 cm³/mol. The molecule has 2 aromatic rings. The van der Waals surface area contributed by atoms with Crippen LogP contribution in [-0.4, -0.2) is 10.1 Å². The number of hydrogen-bond donors (Lipinski definition) is 0. The van der Waals surface area contributed by atoms with E-state index in [1.54, 1.807) is 0 Å². The van der Waals surface area contributed by atoms with Gasteiger partial charge >= 0.3 is 0 Å². The summed E-state index contributed by atoms with van der Waals surface area (Å²) in [6.07, 6.45) is 0.776. The van der Waals surface area contributed by atoms with Crippen LogP contribution in [0.3, 0.4) is 0 Å². The van der Waals surface area contributed by atoms with E-state index in [0.717, 1.165) is 12.0 Å². The van der Waals surface area contributed by atoms with Crippen LogP contribution in [0.15, 0.2) is 22.7 Å². The highest BCUT2D eigenvalue weighted by Crippen LogP contribution is 2.19. The first-order chi connectivity index (χ1) is 7.20. The second-order valence-electron chi connectivity index (χ2n) is 3.66. The average molecular weight is 202 g/mol. The fraction of sp³-hybridized carbons (Fsp3) is 0.333. The van der Waals surface area contributed by atoms with Gasteiger partial charge in [-0.05, 0) is 31.0 Å². The monoisotopic (exact) mass is 202 g/mol. The summed E-state index contributed by atoms with van der Waals surface area (Å²) in [6, 6.07) is 6.18. The molecule has 0 amide bonds.